The molecule has 0 spiro atoms. The number of aromatic nitrogens is 5. The van der Waals surface area contributed by atoms with Gasteiger partial charge in [-0.05, 0) is 58.8 Å². The molecule has 0 bridgehead atoms. The van der Waals surface area contributed by atoms with Crippen molar-refractivity contribution in [1.82, 2.24) is 25.3 Å². The molecule has 6 rings (SSSR count). The van der Waals surface area contributed by atoms with Crippen molar-refractivity contribution in [3.05, 3.63) is 130 Å². The molecule has 4 N–H and O–H groups in total. The molecule has 0 aliphatic rings. The summed E-state index contributed by atoms with van der Waals surface area (Å²) in [5.74, 6) is 1.83. The van der Waals surface area contributed by atoms with Crippen LogP contribution in [0, 0.1) is 10.1 Å². The molecule has 4 aromatic carbocycles. The molecule has 51 heavy (non-hydrogen) atoms. The number of rotatable bonds is 20. The average Bonchev–Trinajstić information content (AvgIpc) is 3.66. The van der Waals surface area contributed by atoms with Gasteiger partial charge in [-0.3, -0.25) is 10.1 Å². The zero-order chi connectivity index (χ0) is 35.1. The predicted octanol–water partition coefficient (Wildman–Crippen LogP) is 7.69. The van der Waals surface area contributed by atoms with E-state index in [-0.39, 0.29) is 17.1 Å². The Hall–Kier alpha value is -6.11. The van der Waals surface area contributed by atoms with Crippen LogP contribution in [0.3, 0.4) is 0 Å². The van der Waals surface area contributed by atoms with Crippen LogP contribution in [0.2, 0.25) is 0 Å². The third-order valence-electron chi connectivity index (χ3n) is 8.59. The summed E-state index contributed by atoms with van der Waals surface area (Å²) in [5.41, 5.74) is 4.85. The van der Waals surface area contributed by atoms with Crippen LogP contribution in [0.5, 0.6) is 0 Å². The first-order chi connectivity index (χ1) is 25.1. The van der Waals surface area contributed by atoms with Gasteiger partial charge in [-0.2, -0.15) is 15.0 Å². The number of unbranched alkanes of at least 4 members (excludes halogenated alkanes) is 3. The Bertz CT molecular complexity index is 1920. The normalized spacial score (nSPS) is 11.1. The van der Waals surface area contributed by atoms with E-state index < -0.39 is 4.92 Å². The topological polar surface area (TPSA) is 169 Å². The summed E-state index contributed by atoms with van der Waals surface area (Å²) in [6.07, 6.45) is 5.60. The second-order valence-corrected chi connectivity index (χ2v) is 12.2. The van der Waals surface area contributed by atoms with Gasteiger partial charge in [0.1, 0.15) is 0 Å². The molecule has 0 atom stereocenters. The van der Waals surface area contributed by atoms with E-state index in [0.29, 0.717) is 48.7 Å². The van der Waals surface area contributed by atoms with Crippen LogP contribution in [0.1, 0.15) is 54.7 Å². The van der Waals surface area contributed by atoms with Gasteiger partial charge in [0.15, 0.2) is 5.52 Å². The lowest BCUT2D eigenvalue weighted by Gasteiger charge is -2.19. The minimum atomic E-state index is -0.490. The molecule has 13 nitrogen and oxygen atoms in total. The monoisotopic (exact) mass is 686 g/mol. The third-order valence-corrected chi connectivity index (χ3v) is 8.59. The van der Waals surface area contributed by atoms with Gasteiger partial charge < -0.3 is 21.3 Å². The lowest BCUT2D eigenvalue weighted by molar-refractivity contribution is -0.383. The maximum absolute atomic E-state index is 11.2. The maximum atomic E-state index is 11.2. The fraction of sp³-hybridized carbons (Fsp3) is 0.289. The minimum absolute atomic E-state index is 0.125. The summed E-state index contributed by atoms with van der Waals surface area (Å²) in [4.78, 5) is 24.8. The molecule has 2 heterocycles. The van der Waals surface area contributed by atoms with Crippen molar-refractivity contribution < 1.29 is 9.55 Å². The highest BCUT2D eigenvalue weighted by molar-refractivity contribution is 5.93. The molecule has 0 radical (unpaired) electrons. The van der Waals surface area contributed by atoms with Crippen molar-refractivity contribution in [2.24, 2.45) is 0 Å². The zero-order valence-electron chi connectivity index (χ0n) is 28.4. The van der Waals surface area contributed by atoms with E-state index in [1.165, 1.54) is 22.8 Å². The van der Waals surface area contributed by atoms with Crippen molar-refractivity contribution in [3.8, 4) is 0 Å². The molecule has 0 saturated carbocycles. The number of hydrogen-bond acceptors (Lipinski definition) is 12. The highest BCUT2D eigenvalue weighted by Crippen LogP contribution is 2.29. The summed E-state index contributed by atoms with van der Waals surface area (Å²) in [7, 11) is 0. The Morgan fingerprint density at radius 2 is 1.12 bits per heavy atom. The first-order valence-electron chi connectivity index (χ1n) is 17.4. The smallest absolute Gasteiger partial charge is 0.300 e. The maximum Gasteiger partial charge on any atom is 0.300 e. The summed E-state index contributed by atoms with van der Waals surface area (Å²) in [6, 6.07) is 34.6. The van der Waals surface area contributed by atoms with Gasteiger partial charge in [-0.25, -0.2) is 4.63 Å². The van der Waals surface area contributed by atoms with Crippen molar-refractivity contribution >= 4 is 40.3 Å². The van der Waals surface area contributed by atoms with E-state index in [2.05, 4.69) is 97.2 Å². The first-order valence-corrected chi connectivity index (χ1v) is 17.4. The fourth-order valence-electron chi connectivity index (χ4n) is 5.97. The molecule has 6 aromatic rings. The Kier molecular flexibility index (Phi) is 12.3. The Morgan fingerprint density at radius 1 is 0.588 bits per heavy atom. The van der Waals surface area contributed by atoms with Crippen molar-refractivity contribution in [3.63, 3.8) is 0 Å². The highest BCUT2D eigenvalue weighted by atomic mass is 16.6. The molecule has 262 valence electrons. The number of benzene rings is 4. The van der Waals surface area contributed by atoms with Crippen LogP contribution in [0.15, 0.2) is 108 Å². The molecular formula is C38H42N10O3. The van der Waals surface area contributed by atoms with E-state index in [0.717, 1.165) is 45.1 Å². The molecule has 0 amide bonds. The van der Waals surface area contributed by atoms with Gasteiger partial charge in [0.2, 0.25) is 23.4 Å². The first kappa shape index (κ1) is 34.7. The average molecular weight is 687 g/mol. The van der Waals surface area contributed by atoms with E-state index in [1.54, 1.807) is 6.07 Å². The van der Waals surface area contributed by atoms with Crippen molar-refractivity contribution in [1.29, 1.82) is 0 Å². The number of fused-ring (bicyclic) bond motifs is 1. The lowest BCUT2D eigenvalue weighted by Crippen LogP contribution is -2.16. The van der Waals surface area contributed by atoms with Gasteiger partial charge >= 0.3 is 5.69 Å². The second-order valence-electron chi connectivity index (χ2n) is 12.2. The Balaban J connectivity index is 1.00. The summed E-state index contributed by atoms with van der Waals surface area (Å²) >= 11 is 0. The van der Waals surface area contributed by atoms with Crippen LogP contribution < -0.4 is 21.3 Å². The van der Waals surface area contributed by atoms with E-state index in [9.17, 15) is 10.1 Å². The van der Waals surface area contributed by atoms with Crippen molar-refractivity contribution in [2.75, 3.05) is 47.4 Å². The van der Waals surface area contributed by atoms with Crippen LogP contribution in [0.4, 0.5) is 29.2 Å². The number of anilines is 4. The van der Waals surface area contributed by atoms with Gasteiger partial charge in [0, 0.05) is 38.2 Å². The second kappa shape index (κ2) is 18.0. The number of nitrogens with zero attached hydrogens (tertiary/aromatic N) is 6. The molecule has 0 unspecified atom stereocenters. The van der Waals surface area contributed by atoms with E-state index in [4.69, 9.17) is 14.6 Å². The van der Waals surface area contributed by atoms with Crippen LogP contribution in [-0.2, 0) is 6.42 Å². The zero-order valence-corrected chi connectivity index (χ0v) is 28.4. The van der Waals surface area contributed by atoms with Gasteiger partial charge in [0.25, 0.3) is 0 Å². The minimum Gasteiger partial charge on any atom is -0.383 e. The summed E-state index contributed by atoms with van der Waals surface area (Å²) in [6.45, 7) is 2.80. The van der Waals surface area contributed by atoms with Crippen LogP contribution in [0.25, 0.3) is 11.0 Å². The summed E-state index contributed by atoms with van der Waals surface area (Å²) < 4.78 is 4.75. The molecule has 0 fully saturated rings. The largest absolute Gasteiger partial charge is 0.383 e. The molecule has 13 heteroatoms. The van der Waals surface area contributed by atoms with Crippen LogP contribution in [-0.4, -0.2) is 56.4 Å². The fourth-order valence-corrected chi connectivity index (χ4v) is 5.97. The lowest BCUT2D eigenvalue weighted by atomic mass is 9.88. The SMILES string of the molecule is O=[N+]([O-])c1ccc(NCCCCCCNc2nc(NCCc3ccccc3)nc(NCCC(c3ccccc3)c3ccccc3)n2)c2nonc12. The number of nitrogens with one attached hydrogen (secondary N) is 4. The number of non-ortho nitro benzene ring substituents is 1. The summed E-state index contributed by atoms with van der Waals surface area (Å²) in [5, 5.41) is 32.3. The third kappa shape index (κ3) is 9.97. The van der Waals surface area contributed by atoms with E-state index in [1.807, 2.05) is 30.3 Å². The number of nitro groups is 1. The van der Waals surface area contributed by atoms with Crippen LogP contribution >= 0.6 is 0 Å². The quantitative estimate of drug-likeness (QED) is 0.0351. The molecule has 0 aliphatic carbocycles. The Labute approximate surface area is 296 Å². The van der Waals surface area contributed by atoms with Crippen molar-refractivity contribution in [2.45, 2.75) is 44.4 Å². The molecule has 0 saturated heterocycles. The van der Waals surface area contributed by atoms with Gasteiger partial charge in [0.05, 0.1) is 10.6 Å². The van der Waals surface area contributed by atoms with Gasteiger partial charge in [-0.15, -0.1) is 0 Å². The highest BCUT2D eigenvalue weighted by Gasteiger charge is 2.19. The molecule has 2 aromatic heterocycles. The Morgan fingerprint density at radius 3 is 1.73 bits per heavy atom. The standard InChI is InChI=1S/C38H42N10O3/c49-48(50)33-21-20-32(34-35(33)47-51-46-34)39-24-12-1-2-13-25-40-36-43-37(41-26-22-28-14-6-3-7-15-28)45-38(44-36)42-27-23-31(29-16-8-4-9-17-29)30-18-10-5-11-19-30/h3-11,14-21,31,39H,1-2,12-13,22-27H2,(H3,40,41,42,43,44,45). The van der Waals surface area contributed by atoms with E-state index >= 15 is 0 Å². The molecule has 0 aliphatic heterocycles. The van der Waals surface area contributed by atoms with Gasteiger partial charge in [-0.1, -0.05) is 104 Å². The number of hydrogen-bond donors (Lipinski definition) is 4. The predicted molar refractivity (Wildman–Crippen MR) is 200 cm³/mol. The number of nitro benzene ring substituents is 1. The molecular weight excluding hydrogens is 644 g/mol.